The lowest BCUT2D eigenvalue weighted by Gasteiger charge is -2.34. The van der Waals surface area contributed by atoms with Crippen molar-refractivity contribution in [3.8, 4) is 0 Å². The van der Waals surface area contributed by atoms with Gasteiger partial charge < -0.3 is 10.2 Å². The van der Waals surface area contributed by atoms with Crippen LogP contribution in [0.2, 0.25) is 5.02 Å². The van der Waals surface area contributed by atoms with Gasteiger partial charge in [0, 0.05) is 29.4 Å². The molecule has 3 aromatic rings. The van der Waals surface area contributed by atoms with Crippen molar-refractivity contribution >= 4 is 44.1 Å². The maximum atomic E-state index is 13.3. The van der Waals surface area contributed by atoms with Gasteiger partial charge in [-0.05, 0) is 90.4 Å². The second-order valence-electron chi connectivity index (χ2n) is 9.71. The van der Waals surface area contributed by atoms with E-state index in [-0.39, 0.29) is 21.9 Å². The van der Waals surface area contributed by atoms with Gasteiger partial charge in [0.15, 0.2) is 9.84 Å². The van der Waals surface area contributed by atoms with Crippen molar-refractivity contribution in [2.24, 2.45) is 0 Å². The number of aryl methyl sites for hydroxylation is 1. The Morgan fingerprint density at radius 1 is 1.09 bits per heavy atom. The van der Waals surface area contributed by atoms with Crippen LogP contribution in [0.1, 0.15) is 52.1 Å². The van der Waals surface area contributed by atoms with Gasteiger partial charge >= 0.3 is 0 Å². The fourth-order valence-electron chi connectivity index (χ4n) is 4.59. The summed E-state index contributed by atoms with van der Waals surface area (Å²) in [4.78, 5) is 24.1. The second-order valence-corrected chi connectivity index (χ2v) is 12.3. The lowest BCUT2D eigenvalue weighted by Crippen LogP contribution is -2.42. The molecule has 1 aliphatic heterocycles. The average molecular weight is 518 g/mol. The predicted octanol–water partition coefficient (Wildman–Crippen LogP) is 4.72. The summed E-state index contributed by atoms with van der Waals surface area (Å²) in [5, 5.41) is 3.59. The van der Waals surface area contributed by atoms with Crippen molar-refractivity contribution in [3.63, 3.8) is 0 Å². The molecule has 1 N–H and O–H groups in total. The number of sulfone groups is 1. The number of pyridine rings is 1. The molecule has 188 valence electrons. The van der Waals surface area contributed by atoms with Gasteiger partial charge in [0.1, 0.15) is 10.7 Å². The summed E-state index contributed by atoms with van der Waals surface area (Å²) in [6.45, 7) is 11.5. The largest absolute Gasteiger partial charge is 0.324 e. The number of piperidine rings is 1. The quantitative estimate of drug-likeness (QED) is 0.505. The van der Waals surface area contributed by atoms with Crippen LogP contribution in [0.4, 0.5) is 11.6 Å². The van der Waals surface area contributed by atoms with Gasteiger partial charge in [-0.15, -0.1) is 0 Å². The first-order chi connectivity index (χ1) is 16.5. The number of hydrogen-bond acceptors (Lipinski definition) is 7. The van der Waals surface area contributed by atoms with Crippen LogP contribution in [0.3, 0.4) is 0 Å². The van der Waals surface area contributed by atoms with E-state index < -0.39 is 9.84 Å². The minimum atomic E-state index is -3.41. The molecule has 2 aromatic heterocycles. The molecule has 1 fully saturated rings. The van der Waals surface area contributed by atoms with Crippen LogP contribution < -0.4 is 10.9 Å². The lowest BCUT2D eigenvalue weighted by molar-refractivity contribution is 0.186. The Balaban J connectivity index is 1.59. The maximum absolute atomic E-state index is 13.3. The highest BCUT2D eigenvalue weighted by Crippen LogP contribution is 2.29. The SMILES string of the molecule is Cc1cc(S(=O)(=O)C2CCN(C(C)C)CC2)ccc1Nc1ncc2cc(Cl)c(=O)n(C(C)C)c2n1. The number of benzene rings is 1. The van der Waals surface area contributed by atoms with Crippen LogP contribution in [0.5, 0.6) is 0 Å². The molecular formula is C25H32ClN5O3S. The Kier molecular flexibility index (Phi) is 7.22. The highest BCUT2D eigenvalue weighted by Gasteiger charge is 2.32. The highest BCUT2D eigenvalue weighted by atomic mass is 35.5. The Labute approximate surface area is 211 Å². The van der Waals surface area contributed by atoms with Crippen molar-refractivity contribution < 1.29 is 8.42 Å². The molecular weight excluding hydrogens is 486 g/mol. The van der Waals surface area contributed by atoms with E-state index in [1.54, 1.807) is 30.5 Å². The zero-order valence-electron chi connectivity index (χ0n) is 20.7. The van der Waals surface area contributed by atoms with Crippen LogP contribution in [0.25, 0.3) is 11.0 Å². The van der Waals surface area contributed by atoms with E-state index in [1.165, 1.54) is 4.57 Å². The molecule has 0 radical (unpaired) electrons. The number of hydrogen-bond donors (Lipinski definition) is 1. The van der Waals surface area contributed by atoms with Gasteiger partial charge in [-0.1, -0.05) is 11.6 Å². The van der Waals surface area contributed by atoms with E-state index in [4.69, 9.17) is 11.6 Å². The van der Waals surface area contributed by atoms with E-state index in [0.717, 1.165) is 18.7 Å². The number of halogens is 1. The first-order valence-electron chi connectivity index (χ1n) is 11.9. The predicted molar refractivity (Wildman–Crippen MR) is 141 cm³/mol. The number of fused-ring (bicyclic) bond motifs is 1. The number of rotatable bonds is 6. The molecule has 4 rings (SSSR count). The van der Waals surface area contributed by atoms with E-state index in [1.807, 2.05) is 20.8 Å². The van der Waals surface area contributed by atoms with Gasteiger partial charge in [-0.2, -0.15) is 4.98 Å². The van der Waals surface area contributed by atoms with Crippen molar-refractivity contribution in [2.75, 3.05) is 18.4 Å². The number of nitrogens with zero attached hydrogens (tertiary/aromatic N) is 4. The summed E-state index contributed by atoms with van der Waals surface area (Å²) in [6.07, 6.45) is 2.91. The van der Waals surface area contributed by atoms with Gasteiger partial charge in [0.2, 0.25) is 5.95 Å². The van der Waals surface area contributed by atoms with Crippen molar-refractivity contribution in [2.45, 2.75) is 69.7 Å². The lowest BCUT2D eigenvalue weighted by atomic mass is 10.1. The van der Waals surface area contributed by atoms with Crippen molar-refractivity contribution in [3.05, 3.63) is 51.4 Å². The van der Waals surface area contributed by atoms with E-state index in [0.29, 0.717) is 46.4 Å². The first-order valence-corrected chi connectivity index (χ1v) is 13.8. The molecule has 10 heteroatoms. The van der Waals surface area contributed by atoms with Gasteiger partial charge in [-0.25, -0.2) is 13.4 Å². The smallest absolute Gasteiger partial charge is 0.271 e. The van der Waals surface area contributed by atoms with Crippen molar-refractivity contribution in [1.82, 2.24) is 19.4 Å². The Morgan fingerprint density at radius 2 is 1.77 bits per heavy atom. The molecule has 3 heterocycles. The van der Waals surface area contributed by atoms with Crippen LogP contribution >= 0.6 is 11.6 Å². The average Bonchev–Trinajstić information content (AvgIpc) is 2.81. The molecule has 0 saturated carbocycles. The molecule has 0 atom stereocenters. The summed E-state index contributed by atoms with van der Waals surface area (Å²) >= 11 is 6.10. The molecule has 0 aliphatic carbocycles. The fourth-order valence-corrected chi connectivity index (χ4v) is 6.62. The summed E-state index contributed by atoms with van der Waals surface area (Å²) in [5.41, 5.74) is 1.65. The topological polar surface area (TPSA) is 97.2 Å². The van der Waals surface area contributed by atoms with Crippen LogP contribution in [0, 0.1) is 6.92 Å². The number of nitrogens with one attached hydrogen (secondary N) is 1. The third-order valence-corrected chi connectivity index (χ3v) is 9.20. The second kappa shape index (κ2) is 9.87. The minimum absolute atomic E-state index is 0.123. The summed E-state index contributed by atoms with van der Waals surface area (Å²) in [5.74, 6) is 0.313. The molecule has 0 bridgehead atoms. The minimum Gasteiger partial charge on any atom is -0.324 e. The Morgan fingerprint density at radius 3 is 2.37 bits per heavy atom. The summed E-state index contributed by atoms with van der Waals surface area (Å²) in [7, 11) is -3.41. The number of aromatic nitrogens is 3. The van der Waals surface area contributed by atoms with Gasteiger partial charge in [0.25, 0.3) is 5.56 Å². The Bertz CT molecular complexity index is 1410. The van der Waals surface area contributed by atoms with Gasteiger partial charge in [-0.3, -0.25) is 9.36 Å². The Hall–Kier alpha value is -2.49. The normalized spacial score (nSPS) is 15.9. The van der Waals surface area contributed by atoms with Crippen LogP contribution in [0.15, 0.2) is 40.2 Å². The third kappa shape index (κ3) is 5.08. The standard InChI is InChI=1S/C25H32ClN5O3S/c1-15(2)30-10-8-19(9-11-30)35(33,34)20-6-7-22(17(5)12-20)28-25-27-14-18-13-21(26)24(32)31(16(3)4)23(18)29-25/h6-7,12-16,19H,8-11H2,1-5H3,(H,27,28,29). The maximum Gasteiger partial charge on any atom is 0.271 e. The van der Waals surface area contributed by atoms with Crippen LogP contribution in [-0.4, -0.2) is 52.2 Å². The van der Waals surface area contributed by atoms with E-state index >= 15 is 0 Å². The van der Waals surface area contributed by atoms with Crippen molar-refractivity contribution in [1.29, 1.82) is 0 Å². The summed E-state index contributed by atoms with van der Waals surface area (Å²) < 4.78 is 28.1. The third-order valence-electron chi connectivity index (χ3n) is 6.66. The molecule has 0 unspecified atom stereocenters. The zero-order valence-corrected chi connectivity index (χ0v) is 22.3. The molecule has 35 heavy (non-hydrogen) atoms. The highest BCUT2D eigenvalue weighted by molar-refractivity contribution is 7.92. The molecule has 0 spiro atoms. The van der Waals surface area contributed by atoms with E-state index in [9.17, 15) is 13.2 Å². The summed E-state index contributed by atoms with van der Waals surface area (Å²) in [6, 6.07) is 6.96. The molecule has 8 nitrogen and oxygen atoms in total. The number of anilines is 2. The monoisotopic (exact) mass is 517 g/mol. The van der Waals surface area contributed by atoms with E-state index in [2.05, 4.69) is 34.0 Å². The molecule has 1 aliphatic rings. The number of likely N-dealkylation sites (tertiary alicyclic amines) is 1. The fraction of sp³-hybridized carbons (Fsp3) is 0.480. The van der Waals surface area contributed by atoms with Crippen LogP contribution in [-0.2, 0) is 9.84 Å². The molecule has 0 amide bonds. The van der Waals surface area contributed by atoms with Gasteiger partial charge in [0.05, 0.1) is 10.1 Å². The molecule has 1 aromatic carbocycles. The first kappa shape index (κ1) is 25.6. The zero-order chi connectivity index (χ0) is 25.5. The molecule has 1 saturated heterocycles.